The van der Waals surface area contributed by atoms with E-state index >= 15 is 0 Å². The van der Waals surface area contributed by atoms with Crippen molar-refractivity contribution in [3.05, 3.63) is 100 Å². The van der Waals surface area contributed by atoms with Gasteiger partial charge in [0, 0.05) is 28.2 Å². The minimum absolute atomic E-state index is 0.229. The lowest BCUT2D eigenvalue weighted by atomic mass is 9.76. The molecule has 1 unspecified atom stereocenters. The number of fused-ring (bicyclic) bond motifs is 1. The van der Waals surface area contributed by atoms with Crippen LogP contribution in [0.15, 0.2) is 72.8 Å². The van der Waals surface area contributed by atoms with Gasteiger partial charge in [0.1, 0.15) is 0 Å². The van der Waals surface area contributed by atoms with Gasteiger partial charge >= 0.3 is 0 Å². The molecule has 1 aliphatic carbocycles. The number of H-pyrrole nitrogens is 1. The molecule has 1 aromatic heterocycles. The number of carbonyl (C=O) groups is 2. The van der Waals surface area contributed by atoms with Crippen molar-refractivity contribution in [2.45, 2.75) is 62.7 Å². The third-order valence-electron chi connectivity index (χ3n) is 8.71. The lowest BCUT2D eigenvalue weighted by Gasteiger charge is -2.49. The van der Waals surface area contributed by atoms with Crippen LogP contribution in [0.1, 0.15) is 77.7 Å². The summed E-state index contributed by atoms with van der Waals surface area (Å²) < 4.78 is 27.6. The number of tetrazole rings is 1. The number of halogens is 1. The molecule has 3 N–H and O–H groups in total. The summed E-state index contributed by atoms with van der Waals surface area (Å²) in [7, 11) is -3.55. The number of hydrogen-bond donors (Lipinski definition) is 3. The number of nitrogens with zero attached hydrogens (tertiary/aromatic N) is 4. The Kier molecular flexibility index (Phi) is 8.71. The van der Waals surface area contributed by atoms with Gasteiger partial charge in [-0.3, -0.25) is 9.59 Å². The molecule has 1 fully saturated rings. The molecule has 45 heavy (non-hydrogen) atoms. The molecule has 2 heterocycles. The van der Waals surface area contributed by atoms with E-state index in [-0.39, 0.29) is 17.9 Å². The average molecular weight is 648 g/mol. The predicted molar refractivity (Wildman–Crippen MR) is 170 cm³/mol. The minimum Gasteiger partial charge on any atom is -0.349 e. The van der Waals surface area contributed by atoms with Crippen LogP contribution < -0.4 is 10.0 Å². The van der Waals surface area contributed by atoms with Crippen LogP contribution in [0.5, 0.6) is 0 Å². The third-order valence-corrected chi connectivity index (χ3v) is 9.69. The Morgan fingerprint density at radius 1 is 1.02 bits per heavy atom. The lowest BCUT2D eigenvalue weighted by Crippen LogP contribution is -2.59. The largest absolute Gasteiger partial charge is 0.349 e. The normalized spacial score (nSPS) is 22.5. The third kappa shape index (κ3) is 6.49. The van der Waals surface area contributed by atoms with Crippen LogP contribution in [0.25, 0.3) is 11.4 Å². The number of hydrogen-bond acceptors (Lipinski definition) is 7. The molecule has 6 rings (SSSR count). The fourth-order valence-corrected chi connectivity index (χ4v) is 7.62. The van der Waals surface area contributed by atoms with Gasteiger partial charge in [0.25, 0.3) is 5.91 Å². The van der Waals surface area contributed by atoms with E-state index in [9.17, 15) is 18.0 Å². The summed E-state index contributed by atoms with van der Waals surface area (Å²) in [4.78, 5) is 30.6. The first-order valence-electron chi connectivity index (χ1n) is 14.9. The number of amides is 2. The molecule has 234 valence electrons. The van der Waals surface area contributed by atoms with Gasteiger partial charge in [-0.05, 0) is 65.1 Å². The fourth-order valence-electron chi connectivity index (χ4n) is 6.67. The topological polar surface area (TPSA) is 150 Å². The number of benzene rings is 3. The van der Waals surface area contributed by atoms with Crippen LogP contribution in [-0.2, 0) is 14.8 Å². The van der Waals surface area contributed by atoms with Gasteiger partial charge in [-0.15, -0.1) is 5.10 Å². The smallest absolute Gasteiger partial charge is 0.255 e. The molecule has 1 aliphatic heterocycles. The molecule has 11 nitrogen and oxygen atoms in total. The highest BCUT2D eigenvalue weighted by Gasteiger charge is 2.49. The first-order valence-corrected chi connectivity index (χ1v) is 17.2. The highest BCUT2D eigenvalue weighted by molar-refractivity contribution is 7.88. The van der Waals surface area contributed by atoms with Crippen LogP contribution in [-0.4, -0.2) is 64.1 Å². The second kappa shape index (κ2) is 12.7. The van der Waals surface area contributed by atoms with Gasteiger partial charge in [-0.25, -0.2) is 18.2 Å². The highest BCUT2D eigenvalue weighted by atomic mass is 35.5. The molecule has 5 atom stereocenters. The Balaban J connectivity index is 1.40. The molecule has 0 saturated heterocycles. The Morgan fingerprint density at radius 3 is 2.42 bits per heavy atom. The Bertz CT molecular complexity index is 1780. The van der Waals surface area contributed by atoms with E-state index in [0.29, 0.717) is 34.8 Å². The Hall–Kier alpha value is -4.13. The van der Waals surface area contributed by atoms with Crippen LogP contribution >= 0.6 is 11.6 Å². The van der Waals surface area contributed by atoms with Gasteiger partial charge in [0.15, 0.2) is 5.82 Å². The summed E-state index contributed by atoms with van der Waals surface area (Å²) in [5, 5.41) is 17.7. The number of aromatic amines is 1. The van der Waals surface area contributed by atoms with Crippen LogP contribution in [0.3, 0.4) is 0 Å². The van der Waals surface area contributed by atoms with Crippen molar-refractivity contribution in [2.75, 3.05) is 6.26 Å². The lowest BCUT2D eigenvalue weighted by molar-refractivity contribution is -0.125. The molecule has 3 aromatic carbocycles. The van der Waals surface area contributed by atoms with E-state index in [2.05, 4.69) is 30.7 Å². The van der Waals surface area contributed by atoms with Gasteiger partial charge in [0.05, 0.1) is 24.3 Å². The van der Waals surface area contributed by atoms with Gasteiger partial charge in [-0.1, -0.05) is 79.0 Å². The molecule has 0 bridgehead atoms. The van der Waals surface area contributed by atoms with Gasteiger partial charge in [0.2, 0.25) is 15.9 Å². The first kappa shape index (κ1) is 30.9. The zero-order valence-corrected chi connectivity index (χ0v) is 26.4. The van der Waals surface area contributed by atoms with E-state index in [4.69, 9.17) is 11.6 Å². The Labute approximate surface area is 266 Å². The van der Waals surface area contributed by atoms with Crippen molar-refractivity contribution in [3.8, 4) is 11.4 Å². The summed E-state index contributed by atoms with van der Waals surface area (Å²) in [5.41, 5.74) is 3.49. The van der Waals surface area contributed by atoms with Gasteiger partial charge < -0.3 is 10.2 Å². The number of rotatable bonds is 8. The summed E-state index contributed by atoms with van der Waals surface area (Å²) in [6, 6.07) is 19.9. The van der Waals surface area contributed by atoms with Crippen LogP contribution in [0.2, 0.25) is 5.02 Å². The average Bonchev–Trinajstić information content (AvgIpc) is 3.57. The zero-order valence-electron chi connectivity index (χ0n) is 24.9. The molecule has 13 heteroatoms. The zero-order chi connectivity index (χ0) is 31.7. The number of nitrogens with one attached hydrogen (secondary N) is 3. The number of sulfonamides is 1. The molecule has 0 spiro atoms. The van der Waals surface area contributed by atoms with Gasteiger partial charge in [-0.2, -0.15) is 0 Å². The molecular weight excluding hydrogens is 614 g/mol. The van der Waals surface area contributed by atoms with Crippen molar-refractivity contribution in [3.63, 3.8) is 0 Å². The second-order valence-electron chi connectivity index (χ2n) is 11.7. The fraction of sp³-hybridized carbons (Fsp3) is 0.344. The Morgan fingerprint density at radius 2 is 1.73 bits per heavy atom. The van der Waals surface area contributed by atoms with E-state index in [0.717, 1.165) is 35.8 Å². The van der Waals surface area contributed by atoms with E-state index in [1.165, 1.54) is 0 Å². The van der Waals surface area contributed by atoms with E-state index < -0.39 is 34.1 Å². The number of carbonyl (C=O) groups excluding carboxylic acids is 2. The number of aromatic nitrogens is 4. The first-order chi connectivity index (χ1) is 21.6. The molecule has 1 saturated carbocycles. The monoisotopic (exact) mass is 647 g/mol. The SMILES string of the molecule is CC(NC(=O)[C@@H]1c2ccccc2C(=O)N([C@H]2CCCC[C@@H]2NS(C)(=O)=O)[C@H]1c1ccc(Cl)cc1)c1ccc(-c2nnn[nH]2)cc1. The summed E-state index contributed by atoms with van der Waals surface area (Å²) in [5.74, 6) is -0.714. The maximum Gasteiger partial charge on any atom is 0.255 e. The molecule has 0 radical (unpaired) electrons. The summed E-state index contributed by atoms with van der Waals surface area (Å²) in [6.45, 7) is 1.91. The highest BCUT2D eigenvalue weighted by Crippen LogP contribution is 2.46. The van der Waals surface area contributed by atoms with Crippen LogP contribution in [0, 0.1) is 0 Å². The van der Waals surface area contributed by atoms with Crippen molar-refractivity contribution in [2.24, 2.45) is 0 Å². The van der Waals surface area contributed by atoms with E-state index in [1.54, 1.807) is 29.2 Å². The molecule has 4 aromatic rings. The predicted octanol–water partition coefficient (Wildman–Crippen LogP) is 4.54. The molecule has 2 amide bonds. The minimum atomic E-state index is -3.55. The summed E-state index contributed by atoms with van der Waals surface area (Å²) in [6.07, 6.45) is 3.99. The quantitative estimate of drug-likeness (QED) is 0.254. The van der Waals surface area contributed by atoms with Crippen molar-refractivity contribution in [1.82, 2.24) is 35.6 Å². The van der Waals surface area contributed by atoms with Crippen molar-refractivity contribution >= 4 is 33.4 Å². The van der Waals surface area contributed by atoms with Crippen molar-refractivity contribution in [1.29, 1.82) is 0 Å². The molecule has 2 aliphatic rings. The van der Waals surface area contributed by atoms with Crippen LogP contribution in [0.4, 0.5) is 0 Å². The maximum atomic E-state index is 14.5. The second-order valence-corrected chi connectivity index (χ2v) is 13.9. The maximum absolute atomic E-state index is 14.5. The summed E-state index contributed by atoms with van der Waals surface area (Å²) >= 11 is 6.27. The molecular formula is C32H34ClN7O4S. The van der Waals surface area contributed by atoms with Crippen molar-refractivity contribution < 1.29 is 18.0 Å². The standard InChI is InChI=1S/C32H34ClN7O4S/c1-19(20-11-13-22(14-12-20)30-35-38-39-36-30)34-31(41)28-24-7-3-4-8-25(24)32(42)40(29(28)21-15-17-23(33)18-16-21)27-10-6-5-9-26(27)37-45(2,43)44/h3-4,7-8,11-19,26-29,37H,5-6,9-10H2,1-2H3,(H,34,41)(H,35,36,38,39)/t19?,26-,27-,28+,29-/m0/s1. The van der Waals surface area contributed by atoms with E-state index in [1.807, 2.05) is 55.5 Å².